The van der Waals surface area contributed by atoms with Crippen LogP contribution in [-0.4, -0.2) is 33.1 Å². The van der Waals surface area contributed by atoms with Crippen molar-refractivity contribution in [2.75, 3.05) is 7.11 Å². The van der Waals surface area contributed by atoms with Gasteiger partial charge in [0, 0.05) is 5.39 Å². The molecule has 2 heterocycles. The first kappa shape index (κ1) is 15.5. The quantitative estimate of drug-likeness (QED) is 0.406. The molecule has 0 aliphatic carbocycles. The van der Waals surface area contributed by atoms with Crippen LogP contribution in [0, 0.1) is 6.92 Å². The van der Waals surface area contributed by atoms with E-state index in [1.807, 2.05) is 31.2 Å². The molecule has 6 nitrogen and oxygen atoms in total. The van der Waals surface area contributed by atoms with Gasteiger partial charge in [-0.2, -0.15) is 4.80 Å². The second-order valence-corrected chi connectivity index (χ2v) is 6.03. The second-order valence-electron chi connectivity index (χ2n) is 5.64. The number of halogens is 1. The normalized spacial score (nSPS) is 11.2. The molecule has 2 aromatic carbocycles. The van der Waals surface area contributed by atoms with Crippen LogP contribution in [0.1, 0.15) is 15.9 Å². The van der Waals surface area contributed by atoms with Gasteiger partial charge in [0.1, 0.15) is 16.2 Å². The van der Waals surface area contributed by atoms with E-state index in [1.54, 1.807) is 16.9 Å². The molecule has 0 saturated carbocycles. The molecule has 0 aliphatic rings. The van der Waals surface area contributed by atoms with Crippen molar-refractivity contribution in [3.05, 3.63) is 58.7 Å². The first-order valence-corrected chi connectivity index (χ1v) is 7.96. The fraction of sp³-hybridized carbons (Fsp3) is 0.111. The SMILES string of the molecule is COC(=O)c1cc(Cl)nc2ccc3nn(-c4cccc(C)c4)nc3c12. The van der Waals surface area contributed by atoms with Crippen molar-refractivity contribution < 1.29 is 9.53 Å². The number of aromatic nitrogens is 4. The molecule has 0 atom stereocenters. The lowest BCUT2D eigenvalue weighted by Crippen LogP contribution is -2.03. The number of hydrogen-bond donors (Lipinski definition) is 0. The van der Waals surface area contributed by atoms with Gasteiger partial charge in [0.15, 0.2) is 0 Å². The summed E-state index contributed by atoms with van der Waals surface area (Å²) in [6.07, 6.45) is 0. The highest BCUT2D eigenvalue weighted by atomic mass is 35.5. The molecule has 2 aromatic heterocycles. The number of esters is 1. The molecular formula is C18H13ClN4O2. The first-order chi connectivity index (χ1) is 12.1. The van der Waals surface area contributed by atoms with Crippen molar-refractivity contribution in [3.8, 4) is 5.69 Å². The highest BCUT2D eigenvalue weighted by molar-refractivity contribution is 6.31. The Morgan fingerprint density at radius 2 is 1.92 bits per heavy atom. The molecule has 0 spiro atoms. The third-order valence-corrected chi connectivity index (χ3v) is 4.12. The van der Waals surface area contributed by atoms with Gasteiger partial charge in [-0.25, -0.2) is 9.78 Å². The minimum Gasteiger partial charge on any atom is -0.465 e. The number of nitrogens with zero attached hydrogens (tertiary/aromatic N) is 4. The van der Waals surface area contributed by atoms with Crippen molar-refractivity contribution in [1.29, 1.82) is 0 Å². The van der Waals surface area contributed by atoms with Crippen molar-refractivity contribution in [3.63, 3.8) is 0 Å². The minimum atomic E-state index is -0.494. The van der Waals surface area contributed by atoms with E-state index >= 15 is 0 Å². The number of pyridine rings is 1. The Morgan fingerprint density at radius 1 is 1.12 bits per heavy atom. The van der Waals surface area contributed by atoms with E-state index in [-0.39, 0.29) is 5.15 Å². The molecule has 0 unspecified atom stereocenters. The molecule has 124 valence electrons. The van der Waals surface area contributed by atoms with Crippen LogP contribution >= 0.6 is 11.6 Å². The van der Waals surface area contributed by atoms with E-state index in [4.69, 9.17) is 16.3 Å². The topological polar surface area (TPSA) is 69.9 Å². The molecule has 0 fully saturated rings. The van der Waals surface area contributed by atoms with Crippen LogP contribution in [0.4, 0.5) is 0 Å². The van der Waals surface area contributed by atoms with Crippen LogP contribution in [0.2, 0.25) is 5.15 Å². The Balaban J connectivity index is 2.05. The number of carbonyl (C=O) groups is 1. The number of fused-ring (bicyclic) bond motifs is 3. The largest absolute Gasteiger partial charge is 0.465 e. The summed E-state index contributed by atoms with van der Waals surface area (Å²) in [5.41, 5.74) is 4.06. The lowest BCUT2D eigenvalue weighted by atomic mass is 10.1. The number of methoxy groups -OCH3 is 1. The summed E-state index contributed by atoms with van der Waals surface area (Å²) in [4.78, 5) is 18.0. The van der Waals surface area contributed by atoms with E-state index in [2.05, 4.69) is 15.2 Å². The van der Waals surface area contributed by atoms with Gasteiger partial charge in [-0.3, -0.25) is 0 Å². The zero-order valence-electron chi connectivity index (χ0n) is 13.5. The minimum absolute atomic E-state index is 0.221. The van der Waals surface area contributed by atoms with Crippen LogP contribution in [0.5, 0.6) is 0 Å². The molecular weight excluding hydrogens is 340 g/mol. The van der Waals surface area contributed by atoms with E-state index in [0.29, 0.717) is 27.5 Å². The van der Waals surface area contributed by atoms with E-state index in [1.165, 1.54) is 13.2 Å². The van der Waals surface area contributed by atoms with Crippen molar-refractivity contribution in [2.24, 2.45) is 0 Å². The van der Waals surface area contributed by atoms with E-state index < -0.39 is 5.97 Å². The average molecular weight is 353 g/mol. The lowest BCUT2D eigenvalue weighted by Gasteiger charge is -2.05. The number of carbonyl (C=O) groups excluding carboxylic acids is 1. The van der Waals surface area contributed by atoms with Gasteiger partial charge < -0.3 is 4.74 Å². The number of aryl methyl sites for hydroxylation is 1. The molecule has 7 heteroatoms. The zero-order chi connectivity index (χ0) is 17.6. The van der Waals surface area contributed by atoms with Gasteiger partial charge in [0.25, 0.3) is 0 Å². The first-order valence-electron chi connectivity index (χ1n) is 7.58. The van der Waals surface area contributed by atoms with Crippen molar-refractivity contribution in [1.82, 2.24) is 20.0 Å². The van der Waals surface area contributed by atoms with Gasteiger partial charge >= 0.3 is 5.97 Å². The van der Waals surface area contributed by atoms with Gasteiger partial charge in [-0.05, 0) is 42.8 Å². The molecule has 4 rings (SSSR count). The van der Waals surface area contributed by atoms with Crippen molar-refractivity contribution >= 4 is 39.5 Å². The Hall–Kier alpha value is -2.99. The maximum atomic E-state index is 12.2. The Kier molecular flexibility index (Phi) is 3.62. The monoisotopic (exact) mass is 352 g/mol. The number of ether oxygens (including phenoxy) is 1. The molecule has 4 aromatic rings. The highest BCUT2D eigenvalue weighted by Gasteiger charge is 2.18. The smallest absolute Gasteiger partial charge is 0.338 e. The van der Waals surface area contributed by atoms with Crippen LogP contribution in [0.3, 0.4) is 0 Å². The molecule has 25 heavy (non-hydrogen) atoms. The van der Waals surface area contributed by atoms with E-state index in [9.17, 15) is 4.79 Å². The Morgan fingerprint density at radius 3 is 2.68 bits per heavy atom. The maximum absolute atomic E-state index is 12.2. The Labute approximate surface area is 148 Å². The third-order valence-electron chi connectivity index (χ3n) is 3.93. The van der Waals surface area contributed by atoms with Gasteiger partial charge in [-0.1, -0.05) is 23.7 Å². The van der Waals surface area contributed by atoms with Crippen LogP contribution in [-0.2, 0) is 4.74 Å². The summed E-state index contributed by atoms with van der Waals surface area (Å²) in [7, 11) is 1.33. The molecule has 0 N–H and O–H groups in total. The van der Waals surface area contributed by atoms with Crippen molar-refractivity contribution in [2.45, 2.75) is 6.92 Å². The van der Waals surface area contributed by atoms with Gasteiger partial charge in [-0.15, -0.1) is 10.2 Å². The number of rotatable bonds is 2. The summed E-state index contributed by atoms with van der Waals surface area (Å²) in [5.74, 6) is -0.494. The second kappa shape index (κ2) is 5.82. The summed E-state index contributed by atoms with van der Waals surface area (Å²) in [6.45, 7) is 2.00. The summed E-state index contributed by atoms with van der Waals surface area (Å²) >= 11 is 6.03. The van der Waals surface area contributed by atoms with Gasteiger partial charge in [0.05, 0.1) is 23.9 Å². The summed E-state index contributed by atoms with van der Waals surface area (Å²) in [5, 5.41) is 9.89. The summed E-state index contributed by atoms with van der Waals surface area (Å²) < 4.78 is 4.88. The predicted molar refractivity (Wildman–Crippen MR) is 95.3 cm³/mol. The third kappa shape index (κ3) is 2.60. The maximum Gasteiger partial charge on any atom is 0.338 e. The fourth-order valence-electron chi connectivity index (χ4n) is 2.81. The number of benzene rings is 2. The standard InChI is InChI=1S/C18H13ClN4O2/c1-10-4-3-5-11(8-10)23-21-14-7-6-13-16(17(14)22-23)12(18(24)25-2)9-15(19)20-13/h3-9H,1-2H3. The molecule has 0 bridgehead atoms. The lowest BCUT2D eigenvalue weighted by molar-refractivity contribution is 0.0603. The molecule has 0 saturated heterocycles. The number of hydrogen-bond acceptors (Lipinski definition) is 5. The van der Waals surface area contributed by atoms with Crippen LogP contribution in [0.15, 0.2) is 42.5 Å². The zero-order valence-corrected chi connectivity index (χ0v) is 14.3. The molecule has 0 aliphatic heterocycles. The average Bonchev–Trinajstić information content (AvgIpc) is 3.04. The molecule has 0 amide bonds. The van der Waals surface area contributed by atoms with Gasteiger partial charge in [0.2, 0.25) is 0 Å². The Bertz CT molecular complexity index is 1140. The molecule has 0 radical (unpaired) electrons. The highest BCUT2D eigenvalue weighted by Crippen LogP contribution is 2.28. The predicted octanol–water partition coefficient (Wildman–Crippen LogP) is 3.72. The van der Waals surface area contributed by atoms with E-state index in [0.717, 1.165) is 11.3 Å². The fourth-order valence-corrected chi connectivity index (χ4v) is 3.01. The van der Waals surface area contributed by atoms with Crippen LogP contribution in [0.25, 0.3) is 27.6 Å². The summed E-state index contributed by atoms with van der Waals surface area (Å²) in [6, 6.07) is 12.9. The van der Waals surface area contributed by atoms with Crippen LogP contribution < -0.4 is 0 Å².